The predicted molar refractivity (Wildman–Crippen MR) is 128 cm³/mol. The second-order valence-corrected chi connectivity index (χ2v) is 9.39. The number of nitrogens with one attached hydrogen (secondary N) is 1. The Hall–Kier alpha value is -3.19. The van der Waals surface area contributed by atoms with Gasteiger partial charge in [0.1, 0.15) is 0 Å². The molecule has 3 amide bonds. The number of anilines is 2. The van der Waals surface area contributed by atoms with E-state index in [1.54, 1.807) is 12.1 Å². The zero-order chi connectivity index (χ0) is 22.9. The molecule has 7 nitrogen and oxygen atoms in total. The summed E-state index contributed by atoms with van der Waals surface area (Å²) in [6.07, 6.45) is 2.83. The highest BCUT2D eigenvalue weighted by molar-refractivity contribution is 6.21. The SMILES string of the molecule is Cc1ccc2c(c1)C(=O)N(CCC(=O)Nc1cccc(N3CCN(CC4CC4)CC3)c1)C2=O. The van der Waals surface area contributed by atoms with Gasteiger partial charge in [0.15, 0.2) is 0 Å². The van der Waals surface area contributed by atoms with Gasteiger partial charge in [0, 0.05) is 57.1 Å². The third kappa shape index (κ3) is 4.78. The van der Waals surface area contributed by atoms with Gasteiger partial charge in [-0.3, -0.25) is 24.2 Å². The summed E-state index contributed by atoms with van der Waals surface area (Å²) in [6, 6.07) is 13.1. The molecular weight excluding hydrogens is 416 g/mol. The summed E-state index contributed by atoms with van der Waals surface area (Å²) in [5.41, 5.74) is 3.60. The third-order valence-electron chi connectivity index (χ3n) is 6.77. The fraction of sp³-hybridized carbons (Fsp3) is 0.423. The molecule has 0 spiro atoms. The van der Waals surface area contributed by atoms with Gasteiger partial charge in [-0.15, -0.1) is 0 Å². The van der Waals surface area contributed by atoms with E-state index in [4.69, 9.17) is 0 Å². The molecule has 0 bridgehead atoms. The average molecular weight is 447 g/mol. The van der Waals surface area contributed by atoms with E-state index in [1.807, 2.05) is 31.2 Å². The zero-order valence-electron chi connectivity index (χ0n) is 19.0. The third-order valence-corrected chi connectivity index (χ3v) is 6.77. The van der Waals surface area contributed by atoms with Gasteiger partial charge < -0.3 is 10.2 Å². The van der Waals surface area contributed by atoms with Crippen LogP contribution in [0.1, 0.15) is 45.5 Å². The van der Waals surface area contributed by atoms with Crippen LogP contribution in [0.15, 0.2) is 42.5 Å². The van der Waals surface area contributed by atoms with Gasteiger partial charge in [0.2, 0.25) is 5.91 Å². The Bertz CT molecular complexity index is 1090. The Kier molecular flexibility index (Phi) is 5.89. The van der Waals surface area contributed by atoms with Crippen LogP contribution in [-0.4, -0.2) is 66.8 Å². The predicted octanol–water partition coefficient (Wildman–Crippen LogP) is 3.15. The van der Waals surface area contributed by atoms with Crippen LogP contribution in [0.5, 0.6) is 0 Å². The molecule has 0 unspecified atom stereocenters. The summed E-state index contributed by atoms with van der Waals surface area (Å²) >= 11 is 0. The maximum absolute atomic E-state index is 12.6. The van der Waals surface area contributed by atoms with E-state index < -0.39 is 0 Å². The van der Waals surface area contributed by atoms with E-state index in [-0.39, 0.29) is 30.7 Å². The topological polar surface area (TPSA) is 73.0 Å². The lowest BCUT2D eigenvalue weighted by atomic mass is 10.1. The van der Waals surface area contributed by atoms with Gasteiger partial charge in [0.05, 0.1) is 11.1 Å². The molecule has 33 heavy (non-hydrogen) atoms. The zero-order valence-corrected chi connectivity index (χ0v) is 19.0. The molecule has 2 aromatic carbocycles. The highest BCUT2D eigenvalue weighted by atomic mass is 16.2. The van der Waals surface area contributed by atoms with Crippen LogP contribution in [0.2, 0.25) is 0 Å². The highest BCUT2D eigenvalue weighted by Gasteiger charge is 2.35. The molecule has 1 aliphatic carbocycles. The van der Waals surface area contributed by atoms with Crippen molar-refractivity contribution >= 4 is 29.1 Å². The minimum atomic E-state index is -0.328. The van der Waals surface area contributed by atoms with Crippen LogP contribution >= 0.6 is 0 Å². The Morgan fingerprint density at radius 1 is 0.970 bits per heavy atom. The van der Waals surface area contributed by atoms with Crippen molar-refractivity contribution in [1.82, 2.24) is 9.80 Å². The largest absolute Gasteiger partial charge is 0.369 e. The maximum atomic E-state index is 12.6. The smallest absolute Gasteiger partial charge is 0.261 e. The van der Waals surface area contributed by atoms with Crippen molar-refractivity contribution < 1.29 is 14.4 Å². The number of imide groups is 1. The first kappa shape index (κ1) is 21.6. The molecule has 172 valence electrons. The number of rotatable bonds is 7. The van der Waals surface area contributed by atoms with E-state index in [0.717, 1.165) is 49.0 Å². The van der Waals surface area contributed by atoms with Gasteiger partial charge in [-0.1, -0.05) is 17.7 Å². The van der Waals surface area contributed by atoms with Crippen molar-refractivity contribution in [2.75, 3.05) is 49.5 Å². The summed E-state index contributed by atoms with van der Waals surface area (Å²) in [6.45, 7) is 7.32. The molecule has 0 radical (unpaired) electrons. The van der Waals surface area contributed by atoms with Crippen molar-refractivity contribution in [2.45, 2.75) is 26.2 Å². The van der Waals surface area contributed by atoms with Crippen molar-refractivity contribution in [3.63, 3.8) is 0 Å². The number of amides is 3. The fourth-order valence-electron chi connectivity index (χ4n) is 4.68. The summed E-state index contributed by atoms with van der Waals surface area (Å²) in [7, 11) is 0. The van der Waals surface area contributed by atoms with Gasteiger partial charge in [-0.2, -0.15) is 0 Å². The van der Waals surface area contributed by atoms with Crippen molar-refractivity contribution in [3.05, 3.63) is 59.2 Å². The summed E-state index contributed by atoms with van der Waals surface area (Å²) in [5.74, 6) is 0.0496. The Morgan fingerprint density at radius 3 is 2.48 bits per heavy atom. The number of piperazine rings is 1. The molecule has 2 aromatic rings. The Labute approximate surface area is 194 Å². The first-order chi connectivity index (χ1) is 16.0. The second kappa shape index (κ2) is 8.98. The summed E-state index contributed by atoms with van der Waals surface area (Å²) in [4.78, 5) is 43.8. The van der Waals surface area contributed by atoms with E-state index in [0.29, 0.717) is 11.1 Å². The lowest BCUT2D eigenvalue weighted by Crippen LogP contribution is -2.47. The second-order valence-electron chi connectivity index (χ2n) is 9.39. The van der Waals surface area contributed by atoms with Gasteiger partial charge >= 0.3 is 0 Å². The highest BCUT2D eigenvalue weighted by Crippen LogP contribution is 2.30. The fourth-order valence-corrected chi connectivity index (χ4v) is 4.68. The number of nitrogens with zero attached hydrogens (tertiary/aromatic N) is 3. The first-order valence-electron chi connectivity index (χ1n) is 11.8. The van der Waals surface area contributed by atoms with Crippen LogP contribution < -0.4 is 10.2 Å². The average Bonchev–Trinajstić information content (AvgIpc) is 3.59. The van der Waals surface area contributed by atoms with E-state index in [1.165, 1.54) is 24.3 Å². The van der Waals surface area contributed by atoms with Crippen LogP contribution in [0.3, 0.4) is 0 Å². The number of carbonyl (C=O) groups excluding carboxylic acids is 3. The summed E-state index contributed by atoms with van der Waals surface area (Å²) in [5, 5.41) is 2.92. The maximum Gasteiger partial charge on any atom is 0.261 e. The molecule has 1 saturated carbocycles. The molecule has 1 N–H and O–H groups in total. The molecule has 5 rings (SSSR count). The molecule has 0 atom stereocenters. The minimum absolute atomic E-state index is 0.0640. The molecule has 0 aromatic heterocycles. The van der Waals surface area contributed by atoms with Crippen LogP contribution in [0, 0.1) is 12.8 Å². The Morgan fingerprint density at radius 2 is 1.73 bits per heavy atom. The van der Waals surface area contributed by atoms with E-state index in [2.05, 4.69) is 21.2 Å². The number of aryl methyl sites for hydroxylation is 1. The molecule has 2 fully saturated rings. The molecule has 3 aliphatic rings. The standard InChI is InChI=1S/C26H30N4O3/c1-18-5-8-22-23(15-18)26(33)30(25(22)32)10-9-24(31)27-20-3-2-4-21(16-20)29-13-11-28(12-14-29)17-19-6-7-19/h2-5,8,15-16,19H,6-7,9-14,17H2,1H3,(H,27,31). The number of hydrogen-bond acceptors (Lipinski definition) is 5. The van der Waals surface area contributed by atoms with Crippen LogP contribution in [0.4, 0.5) is 11.4 Å². The monoisotopic (exact) mass is 446 g/mol. The van der Waals surface area contributed by atoms with Crippen molar-refractivity contribution in [1.29, 1.82) is 0 Å². The van der Waals surface area contributed by atoms with E-state index in [9.17, 15) is 14.4 Å². The minimum Gasteiger partial charge on any atom is -0.369 e. The number of benzene rings is 2. The molecule has 2 aliphatic heterocycles. The first-order valence-corrected chi connectivity index (χ1v) is 11.8. The molecule has 7 heteroatoms. The number of fused-ring (bicyclic) bond motifs is 1. The van der Waals surface area contributed by atoms with Crippen LogP contribution in [0.25, 0.3) is 0 Å². The molecule has 2 heterocycles. The lowest BCUT2D eigenvalue weighted by Gasteiger charge is -2.36. The van der Waals surface area contributed by atoms with Gasteiger partial charge in [-0.25, -0.2) is 0 Å². The number of carbonyl (C=O) groups is 3. The van der Waals surface area contributed by atoms with E-state index >= 15 is 0 Å². The van der Waals surface area contributed by atoms with Crippen LogP contribution in [-0.2, 0) is 4.79 Å². The lowest BCUT2D eigenvalue weighted by molar-refractivity contribution is -0.116. The molecular formula is C26H30N4O3. The summed E-state index contributed by atoms with van der Waals surface area (Å²) < 4.78 is 0. The van der Waals surface area contributed by atoms with Gasteiger partial charge in [0.25, 0.3) is 11.8 Å². The normalized spacial score (nSPS) is 18.6. The quantitative estimate of drug-likeness (QED) is 0.662. The number of hydrogen-bond donors (Lipinski definition) is 1. The van der Waals surface area contributed by atoms with Crippen molar-refractivity contribution in [2.24, 2.45) is 5.92 Å². The van der Waals surface area contributed by atoms with Crippen molar-refractivity contribution in [3.8, 4) is 0 Å². The van der Waals surface area contributed by atoms with Gasteiger partial charge in [-0.05, 0) is 56.0 Å². The Balaban J connectivity index is 1.14. The molecule has 1 saturated heterocycles.